The molecule has 1 rings (SSSR count). The Morgan fingerprint density at radius 3 is 2.60 bits per heavy atom. The molecule has 3 nitrogen and oxygen atoms in total. The Hall–Kier alpha value is -1.22. The second-order valence-electron chi connectivity index (χ2n) is 5.54. The molecule has 1 atom stereocenters. The van der Waals surface area contributed by atoms with Gasteiger partial charge in [-0.15, -0.1) is 0 Å². The van der Waals surface area contributed by atoms with Gasteiger partial charge in [0.1, 0.15) is 5.75 Å². The molecule has 1 aromatic rings. The zero-order valence-electron chi connectivity index (χ0n) is 12.7. The van der Waals surface area contributed by atoms with Gasteiger partial charge in [0.15, 0.2) is 0 Å². The van der Waals surface area contributed by atoms with Crippen LogP contribution in [0.2, 0.25) is 5.02 Å². The summed E-state index contributed by atoms with van der Waals surface area (Å²) in [5, 5.41) is 3.53. The fourth-order valence-electron chi connectivity index (χ4n) is 2.06. The fraction of sp³-hybridized carbons (Fsp3) is 0.562. The van der Waals surface area contributed by atoms with E-state index in [0.29, 0.717) is 22.3 Å². The lowest BCUT2D eigenvalue weighted by Gasteiger charge is -2.16. The van der Waals surface area contributed by atoms with E-state index in [9.17, 15) is 4.79 Å². The minimum Gasteiger partial charge on any atom is -0.496 e. The smallest absolute Gasteiger partial charge is 0.255 e. The predicted octanol–water partition coefficient (Wildman–Crippen LogP) is 4.29. The average molecular weight is 298 g/mol. The molecule has 0 heterocycles. The van der Waals surface area contributed by atoms with E-state index in [2.05, 4.69) is 19.2 Å². The molecule has 1 amide bonds. The first-order valence-corrected chi connectivity index (χ1v) is 7.46. The number of hydrogen-bond acceptors (Lipinski definition) is 2. The average Bonchev–Trinajstić information content (AvgIpc) is 2.38. The van der Waals surface area contributed by atoms with E-state index >= 15 is 0 Å². The lowest BCUT2D eigenvalue weighted by atomic mass is 10.0. The highest BCUT2D eigenvalue weighted by Crippen LogP contribution is 2.22. The number of rotatable bonds is 7. The predicted molar refractivity (Wildman–Crippen MR) is 83.6 cm³/mol. The van der Waals surface area contributed by atoms with E-state index in [4.69, 9.17) is 16.3 Å². The summed E-state index contributed by atoms with van der Waals surface area (Å²) in [6, 6.07) is 5.20. The van der Waals surface area contributed by atoms with Crippen LogP contribution in [0, 0.1) is 5.92 Å². The molecule has 1 aromatic carbocycles. The maximum atomic E-state index is 12.2. The molecular weight excluding hydrogens is 274 g/mol. The molecule has 20 heavy (non-hydrogen) atoms. The highest BCUT2D eigenvalue weighted by molar-refractivity contribution is 6.31. The molecule has 112 valence electrons. The van der Waals surface area contributed by atoms with Crippen LogP contribution in [-0.2, 0) is 0 Å². The van der Waals surface area contributed by atoms with Crippen LogP contribution in [0.1, 0.15) is 50.4 Å². The van der Waals surface area contributed by atoms with Crippen molar-refractivity contribution in [1.29, 1.82) is 0 Å². The normalized spacial score (nSPS) is 12.3. The van der Waals surface area contributed by atoms with Crippen LogP contribution in [-0.4, -0.2) is 19.1 Å². The topological polar surface area (TPSA) is 38.3 Å². The Morgan fingerprint density at radius 2 is 2.00 bits per heavy atom. The monoisotopic (exact) mass is 297 g/mol. The largest absolute Gasteiger partial charge is 0.496 e. The lowest BCUT2D eigenvalue weighted by molar-refractivity contribution is 0.0934. The fourth-order valence-corrected chi connectivity index (χ4v) is 2.24. The highest BCUT2D eigenvalue weighted by Gasteiger charge is 2.15. The second-order valence-corrected chi connectivity index (χ2v) is 5.98. The van der Waals surface area contributed by atoms with Crippen LogP contribution in [0.5, 0.6) is 5.75 Å². The molecule has 0 aliphatic rings. The first-order chi connectivity index (χ1) is 9.43. The third-order valence-electron chi connectivity index (χ3n) is 3.20. The first-order valence-electron chi connectivity index (χ1n) is 7.08. The molecule has 0 aliphatic heterocycles. The van der Waals surface area contributed by atoms with Gasteiger partial charge in [-0.3, -0.25) is 4.79 Å². The molecule has 0 bridgehead atoms. The standard InChI is InChI=1S/C16H24ClNO2/c1-11(2)6-5-7-12(3)18-16(19)14-10-13(17)8-9-15(14)20-4/h8-12H,5-7H2,1-4H3,(H,18,19)/t12-/m1/s1. The zero-order chi connectivity index (χ0) is 15.1. The minimum absolute atomic E-state index is 0.138. The number of methoxy groups -OCH3 is 1. The maximum Gasteiger partial charge on any atom is 0.255 e. The van der Waals surface area contributed by atoms with Crippen LogP contribution in [0.25, 0.3) is 0 Å². The van der Waals surface area contributed by atoms with Gasteiger partial charge in [-0.1, -0.05) is 38.3 Å². The molecule has 0 saturated carbocycles. The van der Waals surface area contributed by atoms with Gasteiger partial charge in [0.2, 0.25) is 0 Å². The Labute approximate surface area is 126 Å². The maximum absolute atomic E-state index is 12.2. The Bertz CT molecular complexity index is 446. The zero-order valence-corrected chi connectivity index (χ0v) is 13.5. The molecule has 0 aliphatic carbocycles. The number of amides is 1. The third-order valence-corrected chi connectivity index (χ3v) is 3.44. The number of benzene rings is 1. The quantitative estimate of drug-likeness (QED) is 0.815. The SMILES string of the molecule is COc1ccc(Cl)cc1C(=O)N[C@H](C)CCCC(C)C. The summed E-state index contributed by atoms with van der Waals surface area (Å²) in [7, 11) is 1.55. The van der Waals surface area contributed by atoms with Crippen LogP contribution >= 0.6 is 11.6 Å². The van der Waals surface area contributed by atoms with E-state index in [1.165, 1.54) is 6.42 Å². The number of nitrogens with one attached hydrogen (secondary N) is 1. The molecular formula is C16H24ClNO2. The number of hydrogen-bond donors (Lipinski definition) is 1. The summed E-state index contributed by atoms with van der Waals surface area (Å²) in [4.78, 5) is 12.2. The number of halogens is 1. The van der Waals surface area contributed by atoms with Gasteiger partial charge >= 0.3 is 0 Å². The van der Waals surface area contributed by atoms with Crippen LogP contribution in [0.3, 0.4) is 0 Å². The van der Waals surface area contributed by atoms with Gasteiger partial charge < -0.3 is 10.1 Å². The summed E-state index contributed by atoms with van der Waals surface area (Å²) >= 11 is 5.94. The van der Waals surface area contributed by atoms with Crippen molar-refractivity contribution in [2.75, 3.05) is 7.11 Å². The van der Waals surface area contributed by atoms with Crippen molar-refractivity contribution in [1.82, 2.24) is 5.32 Å². The summed E-state index contributed by atoms with van der Waals surface area (Å²) in [6.07, 6.45) is 3.28. The molecule has 0 unspecified atom stereocenters. The van der Waals surface area contributed by atoms with E-state index < -0.39 is 0 Å². The van der Waals surface area contributed by atoms with Gasteiger partial charge in [0.05, 0.1) is 12.7 Å². The summed E-state index contributed by atoms with van der Waals surface area (Å²) < 4.78 is 5.20. The molecule has 0 saturated heterocycles. The van der Waals surface area contributed by atoms with Crippen LogP contribution in [0.15, 0.2) is 18.2 Å². The van der Waals surface area contributed by atoms with E-state index in [0.717, 1.165) is 12.8 Å². The lowest BCUT2D eigenvalue weighted by Crippen LogP contribution is -2.32. The third kappa shape index (κ3) is 5.41. The summed E-state index contributed by atoms with van der Waals surface area (Å²) in [5.41, 5.74) is 0.482. The minimum atomic E-state index is -0.138. The van der Waals surface area contributed by atoms with Crippen molar-refractivity contribution in [3.05, 3.63) is 28.8 Å². The molecule has 1 N–H and O–H groups in total. The highest BCUT2D eigenvalue weighted by atomic mass is 35.5. The first kappa shape index (κ1) is 16.8. The van der Waals surface area contributed by atoms with Gasteiger partial charge in [0.25, 0.3) is 5.91 Å². The summed E-state index contributed by atoms with van der Waals surface area (Å²) in [6.45, 7) is 6.44. The molecule has 0 aromatic heterocycles. The molecule has 4 heteroatoms. The van der Waals surface area contributed by atoms with Crippen molar-refractivity contribution in [3.63, 3.8) is 0 Å². The van der Waals surface area contributed by atoms with E-state index in [-0.39, 0.29) is 11.9 Å². The van der Waals surface area contributed by atoms with Crippen molar-refractivity contribution in [3.8, 4) is 5.75 Å². The van der Waals surface area contributed by atoms with Crippen molar-refractivity contribution >= 4 is 17.5 Å². The Morgan fingerprint density at radius 1 is 1.30 bits per heavy atom. The number of carbonyl (C=O) groups excluding carboxylic acids is 1. The molecule has 0 fully saturated rings. The molecule has 0 radical (unpaired) electrons. The van der Waals surface area contributed by atoms with E-state index in [1.54, 1.807) is 25.3 Å². The van der Waals surface area contributed by atoms with Gasteiger partial charge in [-0.25, -0.2) is 0 Å². The van der Waals surface area contributed by atoms with Crippen LogP contribution < -0.4 is 10.1 Å². The van der Waals surface area contributed by atoms with Crippen molar-refractivity contribution in [2.24, 2.45) is 5.92 Å². The summed E-state index contributed by atoms with van der Waals surface area (Å²) in [5.74, 6) is 1.11. The van der Waals surface area contributed by atoms with Gasteiger partial charge in [-0.2, -0.15) is 0 Å². The Kier molecular flexibility index (Phi) is 6.86. The van der Waals surface area contributed by atoms with Gasteiger partial charge in [0, 0.05) is 11.1 Å². The van der Waals surface area contributed by atoms with Gasteiger partial charge in [-0.05, 0) is 37.5 Å². The van der Waals surface area contributed by atoms with Crippen molar-refractivity contribution in [2.45, 2.75) is 46.1 Å². The second kappa shape index (κ2) is 8.15. The van der Waals surface area contributed by atoms with E-state index in [1.807, 2.05) is 6.92 Å². The number of carbonyl (C=O) groups is 1. The molecule has 0 spiro atoms. The number of ether oxygens (including phenoxy) is 1. The Balaban J connectivity index is 2.59. The van der Waals surface area contributed by atoms with Crippen LogP contribution in [0.4, 0.5) is 0 Å². The van der Waals surface area contributed by atoms with Crippen molar-refractivity contribution < 1.29 is 9.53 Å².